The molecule has 7 heteroatoms. The molecule has 0 bridgehead atoms. The van der Waals surface area contributed by atoms with Crippen LogP contribution in [0.4, 0.5) is 13.2 Å². The van der Waals surface area contributed by atoms with Crippen molar-refractivity contribution in [1.82, 2.24) is 14.9 Å². The molecule has 0 atom stereocenters. The van der Waals surface area contributed by atoms with Gasteiger partial charge in [0.25, 0.3) is 0 Å². The molecule has 0 spiro atoms. The SMILES string of the molecule is O=C(Cc1cccc(C(F)(F)F)c1)N1CC=C(c2c[nH]c3ncccc23)CC1. The Kier molecular flexibility index (Phi) is 4.66. The lowest BCUT2D eigenvalue weighted by Crippen LogP contribution is -2.35. The molecule has 144 valence electrons. The van der Waals surface area contributed by atoms with Crippen molar-refractivity contribution < 1.29 is 18.0 Å². The van der Waals surface area contributed by atoms with Crippen LogP contribution in [0, 0.1) is 0 Å². The maximum absolute atomic E-state index is 12.8. The molecule has 1 aliphatic heterocycles. The quantitative estimate of drug-likeness (QED) is 0.725. The third kappa shape index (κ3) is 3.65. The second-order valence-corrected chi connectivity index (χ2v) is 6.80. The molecule has 1 amide bonds. The molecule has 1 N–H and O–H groups in total. The fourth-order valence-electron chi connectivity index (χ4n) is 3.51. The summed E-state index contributed by atoms with van der Waals surface area (Å²) in [5.74, 6) is -0.171. The maximum atomic E-state index is 12.8. The Morgan fingerprint density at radius 3 is 2.82 bits per heavy atom. The molecule has 2 aromatic heterocycles. The number of halogens is 3. The molecular formula is C21H18F3N3O. The highest BCUT2D eigenvalue weighted by atomic mass is 19.4. The van der Waals surface area contributed by atoms with E-state index in [0.717, 1.165) is 34.3 Å². The summed E-state index contributed by atoms with van der Waals surface area (Å²) in [6.07, 6.45) is 1.90. The maximum Gasteiger partial charge on any atom is 0.416 e. The molecule has 0 fully saturated rings. The topological polar surface area (TPSA) is 49.0 Å². The Bertz CT molecular complexity index is 1050. The van der Waals surface area contributed by atoms with Crippen LogP contribution in [0.1, 0.15) is 23.1 Å². The molecule has 28 heavy (non-hydrogen) atoms. The van der Waals surface area contributed by atoms with Gasteiger partial charge in [0.15, 0.2) is 0 Å². The molecular weight excluding hydrogens is 367 g/mol. The zero-order chi connectivity index (χ0) is 19.7. The lowest BCUT2D eigenvalue weighted by Gasteiger charge is -2.26. The minimum atomic E-state index is -4.41. The second-order valence-electron chi connectivity index (χ2n) is 6.80. The van der Waals surface area contributed by atoms with E-state index in [9.17, 15) is 18.0 Å². The summed E-state index contributed by atoms with van der Waals surface area (Å²) >= 11 is 0. The summed E-state index contributed by atoms with van der Waals surface area (Å²) in [4.78, 5) is 21.6. The van der Waals surface area contributed by atoms with Gasteiger partial charge in [-0.3, -0.25) is 4.79 Å². The number of carbonyl (C=O) groups is 1. The van der Waals surface area contributed by atoms with E-state index in [1.54, 1.807) is 17.2 Å². The number of carbonyl (C=O) groups excluding carboxylic acids is 1. The molecule has 0 aliphatic carbocycles. The first-order chi connectivity index (χ1) is 13.4. The number of pyridine rings is 1. The minimum Gasteiger partial charge on any atom is -0.346 e. The zero-order valence-electron chi connectivity index (χ0n) is 15.0. The first kappa shape index (κ1) is 18.3. The van der Waals surface area contributed by atoms with Crippen LogP contribution < -0.4 is 0 Å². The molecule has 4 nitrogen and oxygen atoms in total. The number of aromatic amines is 1. The number of aromatic nitrogens is 2. The number of benzene rings is 1. The number of alkyl halides is 3. The van der Waals surface area contributed by atoms with E-state index in [1.807, 2.05) is 24.4 Å². The Morgan fingerprint density at radius 2 is 2.07 bits per heavy atom. The van der Waals surface area contributed by atoms with Gasteiger partial charge in [-0.05, 0) is 35.8 Å². The Labute approximate surface area is 159 Å². The van der Waals surface area contributed by atoms with E-state index in [-0.39, 0.29) is 12.3 Å². The van der Waals surface area contributed by atoms with Gasteiger partial charge in [-0.2, -0.15) is 13.2 Å². The smallest absolute Gasteiger partial charge is 0.346 e. The normalized spacial score (nSPS) is 15.0. The molecule has 1 aliphatic rings. The number of amides is 1. The standard InChI is InChI=1S/C21H18F3N3O/c22-21(23,24)16-4-1-3-14(11-16)12-19(28)27-9-6-15(7-10-27)18-13-26-20-17(18)5-2-8-25-20/h1-6,8,11,13H,7,9-10,12H2,(H,25,26). The molecule has 0 saturated heterocycles. The van der Waals surface area contributed by atoms with Crippen molar-refractivity contribution in [2.24, 2.45) is 0 Å². The number of H-pyrrole nitrogens is 1. The zero-order valence-corrected chi connectivity index (χ0v) is 15.0. The third-order valence-electron chi connectivity index (χ3n) is 4.97. The number of hydrogen-bond donors (Lipinski definition) is 1. The highest BCUT2D eigenvalue weighted by Gasteiger charge is 2.30. The van der Waals surface area contributed by atoms with Crippen molar-refractivity contribution >= 4 is 22.5 Å². The highest BCUT2D eigenvalue weighted by Crippen LogP contribution is 2.30. The largest absolute Gasteiger partial charge is 0.416 e. The fraction of sp³-hybridized carbons (Fsp3) is 0.238. The van der Waals surface area contributed by atoms with Crippen LogP contribution in [0.15, 0.2) is 54.9 Å². The van der Waals surface area contributed by atoms with Gasteiger partial charge in [0, 0.05) is 36.4 Å². The summed E-state index contributed by atoms with van der Waals surface area (Å²) in [6.45, 7) is 0.983. The predicted molar refractivity (Wildman–Crippen MR) is 100 cm³/mol. The van der Waals surface area contributed by atoms with Crippen LogP contribution in [-0.4, -0.2) is 33.9 Å². The van der Waals surface area contributed by atoms with Gasteiger partial charge in [0.2, 0.25) is 5.91 Å². The molecule has 1 aromatic carbocycles. The second kappa shape index (κ2) is 7.14. The lowest BCUT2D eigenvalue weighted by molar-refractivity contribution is -0.138. The highest BCUT2D eigenvalue weighted by molar-refractivity contribution is 5.91. The van der Waals surface area contributed by atoms with Crippen molar-refractivity contribution in [1.29, 1.82) is 0 Å². The molecule has 3 aromatic rings. The van der Waals surface area contributed by atoms with Gasteiger partial charge >= 0.3 is 6.18 Å². The average Bonchev–Trinajstić information content (AvgIpc) is 3.12. The van der Waals surface area contributed by atoms with Crippen LogP contribution in [-0.2, 0) is 17.4 Å². The van der Waals surface area contributed by atoms with Crippen LogP contribution in [0.3, 0.4) is 0 Å². The van der Waals surface area contributed by atoms with Crippen LogP contribution in [0.25, 0.3) is 16.6 Å². The summed E-state index contributed by atoms with van der Waals surface area (Å²) in [5, 5.41) is 1.04. The molecule has 0 saturated carbocycles. The van der Waals surface area contributed by atoms with Crippen LogP contribution in [0.5, 0.6) is 0 Å². The van der Waals surface area contributed by atoms with Gasteiger partial charge in [0.1, 0.15) is 5.65 Å². The first-order valence-electron chi connectivity index (χ1n) is 8.97. The van der Waals surface area contributed by atoms with E-state index in [4.69, 9.17) is 0 Å². The summed E-state index contributed by atoms with van der Waals surface area (Å²) in [6, 6.07) is 8.83. The monoisotopic (exact) mass is 385 g/mol. The number of hydrogen-bond acceptors (Lipinski definition) is 2. The van der Waals surface area contributed by atoms with Gasteiger partial charge in [-0.15, -0.1) is 0 Å². The predicted octanol–water partition coefficient (Wildman–Crippen LogP) is 4.44. The van der Waals surface area contributed by atoms with Crippen molar-refractivity contribution in [3.8, 4) is 0 Å². The van der Waals surface area contributed by atoms with Gasteiger partial charge < -0.3 is 9.88 Å². The van der Waals surface area contributed by atoms with E-state index in [2.05, 4.69) is 9.97 Å². The summed E-state index contributed by atoms with van der Waals surface area (Å²) in [7, 11) is 0. The minimum absolute atomic E-state index is 0.0376. The van der Waals surface area contributed by atoms with Crippen molar-refractivity contribution in [3.63, 3.8) is 0 Å². The van der Waals surface area contributed by atoms with Gasteiger partial charge in [-0.1, -0.05) is 24.3 Å². The Hall–Kier alpha value is -3.09. The number of nitrogens with zero attached hydrogens (tertiary/aromatic N) is 2. The van der Waals surface area contributed by atoms with Gasteiger partial charge in [-0.25, -0.2) is 4.98 Å². The van der Waals surface area contributed by atoms with E-state index >= 15 is 0 Å². The van der Waals surface area contributed by atoms with Crippen LogP contribution >= 0.6 is 0 Å². The van der Waals surface area contributed by atoms with E-state index < -0.39 is 11.7 Å². The van der Waals surface area contributed by atoms with Crippen LogP contribution in [0.2, 0.25) is 0 Å². The summed E-state index contributed by atoms with van der Waals surface area (Å²) in [5.41, 5.74) is 2.68. The lowest BCUT2D eigenvalue weighted by atomic mass is 9.99. The number of nitrogens with one attached hydrogen (secondary N) is 1. The van der Waals surface area contributed by atoms with E-state index in [0.29, 0.717) is 25.1 Å². The number of rotatable bonds is 3. The molecule has 0 unspecified atom stereocenters. The molecule has 0 radical (unpaired) electrons. The summed E-state index contributed by atoms with van der Waals surface area (Å²) < 4.78 is 38.5. The van der Waals surface area contributed by atoms with Gasteiger partial charge in [0.05, 0.1) is 12.0 Å². The van der Waals surface area contributed by atoms with Crippen molar-refractivity contribution in [2.45, 2.75) is 19.0 Å². The van der Waals surface area contributed by atoms with E-state index in [1.165, 1.54) is 6.07 Å². The Morgan fingerprint density at radius 1 is 1.21 bits per heavy atom. The Balaban J connectivity index is 1.45. The first-order valence-corrected chi connectivity index (χ1v) is 8.97. The molecule has 3 heterocycles. The third-order valence-corrected chi connectivity index (χ3v) is 4.97. The molecule has 4 rings (SSSR count). The van der Waals surface area contributed by atoms with Crippen molar-refractivity contribution in [2.75, 3.05) is 13.1 Å². The fourth-order valence-corrected chi connectivity index (χ4v) is 3.51. The number of fused-ring (bicyclic) bond motifs is 1. The van der Waals surface area contributed by atoms with Crippen molar-refractivity contribution in [3.05, 3.63) is 71.6 Å². The average molecular weight is 385 g/mol.